The summed E-state index contributed by atoms with van der Waals surface area (Å²) in [6.07, 6.45) is 1.92. The molecule has 0 bridgehead atoms. The number of para-hydroxylation sites is 2. The Balaban J connectivity index is 1.88. The van der Waals surface area contributed by atoms with Gasteiger partial charge in [0.2, 0.25) is 0 Å². The summed E-state index contributed by atoms with van der Waals surface area (Å²) in [6.45, 7) is 7.59. The Morgan fingerprint density at radius 2 is 1.65 bits per heavy atom. The highest BCUT2D eigenvalue weighted by Crippen LogP contribution is 2.22. The molecule has 0 saturated carbocycles. The molecular weight excluding hydrogens is 244 g/mol. The fourth-order valence-electron chi connectivity index (χ4n) is 2.44. The van der Waals surface area contributed by atoms with Crippen molar-refractivity contribution in [2.45, 2.75) is 32.7 Å². The zero-order valence-corrected chi connectivity index (χ0v) is 12.3. The molecule has 2 aromatic carbocycles. The molecular formula is C18H20N2. The third kappa shape index (κ3) is 2.46. The van der Waals surface area contributed by atoms with Crippen molar-refractivity contribution in [2.75, 3.05) is 0 Å². The lowest BCUT2D eigenvalue weighted by atomic mass is 9.87. The van der Waals surface area contributed by atoms with Crippen LogP contribution in [-0.4, -0.2) is 9.55 Å². The molecule has 1 heterocycles. The Morgan fingerprint density at radius 1 is 0.950 bits per heavy atom. The van der Waals surface area contributed by atoms with Crippen LogP contribution in [0.2, 0.25) is 0 Å². The van der Waals surface area contributed by atoms with Crippen molar-refractivity contribution in [2.24, 2.45) is 0 Å². The van der Waals surface area contributed by atoms with Crippen LogP contribution in [0.1, 0.15) is 31.9 Å². The second-order valence-electron chi connectivity index (χ2n) is 6.31. The third-order valence-corrected chi connectivity index (χ3v) is 3.70. The molecule has 0 aliphatic rings. The molecule has 20 heavy (non-hydrogen) atoms. The number of rotatable bonds is 2. The number of aromatic nitrogens is 2. The van der Waals surface area contributed by atoms with Gasteiger partial charge in [-0.2, -0.15) is 0 Å². The zero-order chi connectivity index (χ0) is 14.2. The standard InChI is InChI=1S/C18H20N2/c1-18(2,3)15-10-8-14(9-11-15)12-20-13-19-16-6-4-5-7-17(16)20/h4-11,13H,12H2,1-3H3. The average Bonchev–Trinajstić information content (AvgIpc) is 2.82. The van der Waals surface area contributed by atoms with E-state index >= 15 is 0 Å². The van der Waals surface area contributed by atoms with Crippen molar-refractivity contribution in [1.82, 2.24) is 9.55 Å². The zero-order valence-electron chi connectivity index (χ0n) is 12.3. The number of hydrogen-bond donors (Lipinski definition) is 0. The van der Waals surface area contributed by atoms with E-state index in [1.807, 2.05) is 12.4 Å². The van der Waals surface area contributed by atoms with Crippen LogP contribution >= 0.6 is 0 Å². The summed E-state index contributed by atoms with van der Waals surface area (Å²) in [4.78, 5) is 4.43. The molecule has 0 N–H and O–H groups in total. The van der Waals surface area contributed by atoms with E-state index in [1.54, 1.807) is 0 Å². The van der Waals surface area contributed by atoms with Crippen LogP contribution in [0.3, 0.4) is 0 Å². The fraction of sp³-hybridized carbons (Fsp3) is 0.278. The van der Waals surface area contributed by atoms with E-state index in [0.29, 0.717) is 0 Å². The lowest BCUT2D eigenvalue weighted by Crippen LogP contribution is -2.10. The highest BCUT2D eigenvalue weighted by atomic mass is 15.0. The SMILES string of the molecule is CC(C)(C)c1ccc(Cn2cnc3ccccc32)cc1. The van der Waals surface area contributed by atoms with Crippen LogP contribution in [0.4, 0.5) is 0 Å². The van der Waals surface area contributed by atoms with Crippen LogP contribution in [0.5, 0.6) is 0 Å². The summed E-state index contributed by atoms with van der Waals surface area (Å²) < 4.78 is 2.20. The van der Waals surface area contributed by atoms with Crippen molar-refractivity contribution in [3.05, 3.63) is 66.0 Å². The maximum absolute atomic E-state index is 4.43. The first-order valence-corrected chi connectivity index (χ1v) is 7.03. The topological polar surface area (TPSA) is 17.8 Å². The quantitative estimate of drug-likeness (QED) is 0.671. The molecule has 0 radical (unpaired) electrons. The first kappa shape index (κ1) is 12.9. The molecule has 0 spiro atoms. The van der Waals surface area contributed by atoms with Crippen LogP contribution in [0.25, 0.3) is 11.0 Å². The van der Waals surface area contributed by atoms with Crippen LogP contribution in [0.15, 0.2) is 54.9 Å². The first-order valence-electron chi connectivity index (χ1n) is 7.03. The number of fused-ring (bicyclic) bond motifs is 1. The predicted molar refractivity (Wildman–Crippen MR) is 84.0 cm³/mol. The van der Waals surface area contributed by atoms with E-state index in [0.717, 1.165) is 12.1 Å². The Hall–Kier alpha value is -2.09. The van der Waals surface area contributed by atoms with Crippen molar-refractivity contribution in [3.8, 4) is 0 Å². The van der Waals surface area contributed by atoms with Gasteiger partial charge in [0.1, 0.15) is 0 Å². The molecule has 0 fully saturated rings. The second kappa shape index (κ2) is 4.78. The van der Waals surface area contributed by atoms with E-state index in [4.69, 9.17) is 0 Å². The minimum absolute atomic E-state index is 0.209. The molecule has 0 amide bonds. The van der Waals surface area contributed by atoms with Gasteiger partial charge >= 0.3 is 0 Å². The Bertz CT molecular complexity index is 715. The second-order valence-corrected chi connectivity index (χ2v) is 6.31. The van der Waals surface area contributed by atoms with E-state index < -0.39 is 0 Å². The van der Waals surface area contributed by atoms with Gasteiger partial charge in [-0.05, 0) is 28.7 Å². The van der Waals surface area contributed by atoms with Gasteiger partial charge in [0.05, 0.1) is 17.4 Å². The normalized spacial score (nSPS) is 11.9. The summed E-state index contributed by atoms with van der Waals surface area (Å²) in [5.41, 5.74) is 5.13. The molecule has 3 rings (SSSR count). The third-order valence-electron chi connectivity index (χ3n) is 3.70. The molecule has 102 valence electrons. The van der Waals surface area contributed by atoms with Gasteiger partial charge in [-0.15, -0.1) is 0 Å². The lowest BCUT2D eigenvalue weighted by molar-refractivity contribution is 0.590. The highest BCUT2D eigenvalue weighted by Gasteiger charge is 2.12. The Labute approximate surface area is 120 Å². The molecule has 0 aliphatic heterocycles. The van der Waals surface area contributed by atoms with E-state index in [9.17, 15) is 0 Å². The van der Waals surface area contributed by atoms with Crippen LogP contribution < -0.4 is 0 Å². The summed E-state index contributed by atoms with van der Waals surface area (Å²) in [6, 6.07) is 17.1. The van der Waals surface area contributed by atoms with Gasteiger partial charge in [0.25, 0.3) is 0 Å². The molecule has 0 aliphatic carbocycles. The monoisotopic (exact) mass is 264 g/mol. The Morgan fingerprint density at radius 3 is 2.35 bits per heavy atom. The maximum atomic E-state index is 4.43. The molecule has 1 aromatic heterocycles. The molecule has 0 atom stereocenters. The van der Waals surface area contributed by atoms with E-state index in [2.05, 4.69) is 72.8 Å². The Kier molecular flexibility index (Phi) is 3.09. The lowest BCUT2D eigenvalue weighted by Gasteiger charge is -2.19. The van der Waals surface area contributed by atoms with Gasteiger partial charge in [-0.3, -0.25) is 0 Å². The van der Waals surface area contributed by atoms with Gasteiger partial charge in [0.15, 0.2) is 0 Å². The summed E-state index contributed by atoms with van der Waals surface area (Å²) in [7, 11) is 0. The molecule has 3 aromatic rings. The molecule has 2 heteroatoms. The van der Waals surface area contributed by atoms with E-state index in [-0.39, 0.29) is 5.41 Å². The smallest absolute Gasteiger partial charge is 0.0961 e. The van der Waals surface area contributed by atoms with Crippen molar-refractivity contribution < 1.29 is 0 Å². The fourth-order valence-corrected chi connectivity index (χ4v) is 2.44. The number of hydrogen-bond acceptors (Lipinski definition) is 1. The average molecular weight is 264 g/mol. The largest absolute Gasteiger partial charge is 0.326 e. The van der Waals surface area contributed by atoms with Gasteiger partial charge < -0.3 is 4.57 Å². The summed E-state index contributed by atoms with van der Waals surface area (Å²) in [5, 5.41) is 0. The number of nitrogens with zero attached hydrogens (tertiary/aromatic N) is 2. The van der Waals surface area contributed by atoms with Crippen molar-refractivity contribution >= 4 is 11.0 Å². The van der Waals surface area contributed by atoms with E-state index in [1.165, 1.54) is 16.6 Å². The van der Waals surface area contributed by atoms with Crippen LogP contribution in [-0.2, 0) is 12.0 Å². The number of benzene rings is 2. The first-order chi connectivity index (χ1) is 9.54. The minimum atomic E-state index is 0.209. The van der Waals surface area contributed by atoms with Crippen molar-refractivity contribution in [3.63, 3.8) is 0 Å². The summed E-state index contributed by atoms with van der Waals surface area (Å²) in [5.74, 6) is 0. The molecule has 2 nitrogen and oxygen atoms in total. The maximum Gasteiger partial charge on any atom is 0.0961 e. The predicted octanol–water partition coefficient (Wildman–Crippen LogP) is 4.38. The highest BCUT2D eigenvalue weighted by molar-refractivity contribution is 5.75. The van der Waals surface area contributed by atoms with Gasteiger partial charge in [-0.25, -0.2) is 4.98 Å². The van der Waals surface area contributed by atoms with Crippen molar-refractivity contribution in [1.29, 1.82) is 0 Å². The molecule has 0 unspecified atom stereocenters. The summed E-state index contributed by atoms with van der Waals surface area (Å²) >= 11 is 0. The van der Waals surface area contributed by atoms with Gasteiger partial charge in [0, 0.05) is 6.54 Å². The van der Waals surface area contributed by atoms with Crippen LogP contribution in [0, 0.1) is 0 Å². The van der Waals surface area contributed by atoms with Gasteiger partial charge in [-0.1, -0.05) is 57.2 Å². The number of imidazole rings is 1. The molecule has 0 saturated heterocycles. The minimum Gasteiger partial charge on any atom is -0.326 e.